The molecule has 2 aliphatic rings. The van der Waals surface area contributed by atoms with Crippen molar-refractivity contribution in [3.8, 4) is 0 Å². The molecule has 0 aromatic carbocycles. The maximum Gasteiger partial charge on any atom is 0.146 e. The van der Waals surface area contributed by atoms with E-state index >= 15 is 0 Å². The first-order valence-electron chi connectivity index (χ1n) is 6.90. The molecule has 98 valence electrons. The third-order valence-electron chi connectivity index (χ3n) is 3.96. The lowest BCUT2D eigenvalue weighted by atomic mass is 10.0. The quantitative estimate of drug-likeness (QED) is 0.884. The number of nitrogens with one attached hydrogen (secondary N) is 1. The normalized spacial score (nSPS) is 21.4. The zero-order chi connectivity index (χ0) is 12.4. The molecule has 3 nitrogen and oxygen atoms in total. The van der Waals surface area contributed by atoms with Crippen LogP contribution in [0.4, 0.5) is 4.39 Å². The monoisotopic (exact) mass is 249 g/mol. The largest absolute Gasteiger partial charge is 0.317 e. The van der Waals surface area contributed by atoms with E-state index in [1.165, 1.54) is 31.7 Å². The number of piperidine rings is 1. The lowest BCUT2D eigenvalue weighted by Crippen LogP contribution is -2.44. The molecule has 0 amide bonds. The third kappa shape index (κ3) is 2.70. The molecule has 1 aromatic rings. The number of hydrogen-bond acceptors (Lipinski definition) is 3. The van der Waals surface area contributed by atoms with Crippen LogP contribution in [0, 0.1) is 5.82 Å². The molecule has 4 heteroatoms. The summed E-state index contributed by atoms with van der Waals surface area (Å²) >= 11 is 0. The summed E-state index contributed by atoms with van der Waals surface area (Å²) in [5.41, 5.74) is 0.600. The minimum atomic E-state index is -0.169. The zero-order valence-electron chi connectivity index (χ0n) is 10.6. The Morgan fingerprint density at radius 3 is 2.61 bits per heavy atom. The molecular weight excluding hydrogens is 229 g/mol. The van der Waals surface area contributed by atoms with Crippen LogP contribution in [0.5, 0.6) is 0 Å². The van der Waals surface area contributed by atoms with Crippen LogP contribution in [-0.2, 0) is 6.54 Å². The summed E-state index contributed by atoms with van der Waals surface area (Å²) < 4.78 is 13.7. The Morgan fingerprint density at radius 1 is 1.22 bits per heavy atom. The van der Waals surface area contributed by atoms with E-state index in [2.05, 4.69) is 15.2 Å². The molecule has 0 unspecified atom stereocenters. The fraction of sp³-hybridized carbons (Fsp3) is 0.643. The maximum atomic E-state index is 13.7. The molecule has 1 saturated heterocycles. The van der Waals surface area contributed by atoms with Crippen LogP contribution in [-0.4, -0.2) is 35.1 Å². The van der Waals surface area contributed by atoms with Gasteiger partial charge in [-0.3, -0.25) is 9.88 Å². The maximum absolute atomic E-state index is 13.7. The Labute approximate surface area is 107 Å². The van der Waals surface area contributed by atoms with Crippen molar-refractivity contribution in [2.45, 2.75) is 44.3 Å². The summed E-state index contributed by atoms with van der Waals surface area (Å²) in [6.45, 7) is 2.83. The average molecular weight is 249 g/mol. The van der Waals surface area contributed by atoms with E-state index in [-0.39, 0.29) is 5.82 Å². The van der Waals surface area contributed by atoms with Crippen molar-refractivity contribution in [1.29, 1.82) is 0 Å². The highest BCUT2D eigenvalue weighted by Gasteiger charge is 2.34. The summed E-state index contributed by atoms with van der Waals surface area (Å²) in [5, 5.41) is 3.39. The van der Waals surface area contributed by atoms with Gasteiger partial charge in [-0.25, -0.2) is 4.39 Å². The molecule has 3 rings (SSSR count). The van der Waals surface area contributed by atoms with E-state index < -0.39 is 0 Å². The fourth-order valence-electron chi connectivity index (χ4n) is 2.81. The molecule has 1 saturated carbocycles. The van der Waals surface area contributed by atoms with E-state index in [4.69, 9.17) is 0 Å². The Bertz CT molecular complexity index is 400. The van der Waals surface area contributed by atoms with Gasteiger partial charge >= 0.3 is 0 Å². The van der Waals surface area contributed by atoms with E-state index in [9.17, 15) is 4.39 Å². The van der Waals surface area contributed by atoms with Gasteiger partial charge in [-0.1, -0.05) is 0 Å². The van der Waals surface area contributed by atoms with Crippen molar-refractivity contribution >= 4 is 0 Å². The summed E-state index contributed by atoms with van der Waals surface area (Å²) in [5.74, 6) is -0.169. The fourth-order valence-corrected chi connectivity index (χ4v) is 2.81. The second-order valence-electron chi connectivity index (χ2n) is 5.32. The number of hydrogen-bond donors (Lipinski definition) is 1. The van der Waals surface area contributed by atoms with Crippen molar-refractivity contribution in [3.05, 3.63) is 29.8 Å². The first-order valence-corrected chi connectivity index (χ1v) is 6.90. The second kappa shape index (κ2) is 5.33. The van der Waals surface area contributed by atoms with Gasteiger partial charge in [0.15, 0.2) is 0 Å². The highest BCUT2D eigenvalue weighted by molar-refractivity contribution is 5.08. The minimum absolute atomic E-state index is 0.169. The van der Waals surface area contributed by atoms with Gasteiger partial charge in [0.05, 0.1) is 5.69 Å². The minimum Gasteiger partial charge on any atom is -0.317 e. The zero-order valence-corrected chi connectivity index (χ0v) is 10.6. The van der Waals surface area contributed by atoms with Gasteiger partial charge in [-0.2, -0.15) is 0 Å². The highest BCUT2D eigenvalue weighted by Crippen LogP contribution is 2.32. The Morgan fingerprint density at radius 2 is 1.94 bits per heavy atom. The molecule has 0 atom stereocenters. The van der Waals surface area contributed by atoms with Gasteiger partial charge in [0, 0.05) is 24.8 Å². The van der Waals surface area contributed by atoms with Crippen LogP contribution < -0.4 is 5.32 Å². The first kappa shape index (κ1) is 12.1. The van der Waals surface area contributed by atoms with Gasteiger partial charge in [-0.05, 0) is 50.9 Å². The van der Waals surface area contributed by atoms with Crippen molar-refractivity contribution in [2.24, 2.45) is 0 Å². The van der Waals surface area contributed by atoms with Gasteiger partial charge in [0.2, 0.25) is 0 Å². The number of nitrogens with zero attached hydrogens (tertiary/aromatic N) is 2. The predicted octanol–water partition coefficient (Wildman–Crippen LogP) is 1.94. The van der Waals surface area contributed by atoms with Crippen molar-refractivity contribution < 1.29 is 4.39 Å². The molecule has 18 heavy (non-hydrogen) atoms. The molecule has 1 aromatic heterocycles. The predicted molar refractivity (Wildman–Crippen MR) is 68.7 cm³/mol. The van der Waals surface area contributed by atoms with E-state index in [1.54, 1.807) is 12.3 Å². The van der Waals surface area contributed by atoms with Gasteiger partial charge in [0.25, 0.3) is 0 Å². The van der Waals surface area contributed by atoms with E-state index in [0.717, 1.165) is 13.1 Å². The lowest BCUT2D eigenvalue weighted by molar-refractivity contribution is 0.141. The van der Waals surface area contributed by atoms with Crippen LogP contribution in [0.25, 0.3) is 0 Å². The Balaban J connectivity index is 1.72. The van der Waals surface area contributed by atoms with E-state index in [1.807, 2.05) is 0 Å². The summed E-state index contributed by atoms with van der Waals surface area (Å²) in [7, 11) is 0. The number of pyridine rings is 1. The number of halogens is 1. The summed E-state index contributed by atoms with van der Waals surface area (Å²) in [6.07, 6.45) is 6.55. The first-order chi connectivity index (χ1) is 8.84. The summed E-state index contributed by atoms with van der Waals surface area (Å²) in [6, 6.07) is 4.43. The molecule has 1 aliphatic carbocycles. The SMILES string of the molecule is Fc1cccnc1CN(C1CCNCC1)C1CC1. The molecule has 2 heterocycles. The van der Waals surface area contributed by atoms with Gasteiger partial charge < -0.3 is 5.32 Å². The second-order valence-corrected chi connectivity index (χ2v) is 5.32. The van der Waals surface area contributed by atoms with Crippen LogP contribution in [0.15, 0.2) is 18.3 Å². The number of aromatic nitrogens is 1. The van der Waals surface area contributed by atoms with Gasteiger partial charge in [-0.15, -0.1) is 0 Å². The molecule has 0 radical (unpaired) electrons. The van der Waals surface area contributed by atoms with Crippen LogP contribution >= 0.6 is 0 Å². The van der Waals surface area contributed by atoms with Crippen molar-refractivity contribution in [3.63, 3.8) is 0 Å². The van der Waals surface area contributed by atoms with Gasteiger partial charge in [0.1, 0.15) is 5.82 Å². The van der Waals surface area contributed by atoms with Crippen LogP contribution in [0.1, 0.15) is 31.4 Å². The standard InChI is InChI=1S/C14H20FN3/c15-13-2-1-7-17-14(13)10-18(11-3-4-11)12-5-8-16-9-6-12/h1-2,7,11-12,16H,3-6,8-10H2. The van der Waals surface area contributed by atoms with Crippen molar-refractivity contribution in [1.82, 2.24) is 15.2 Å². The summed E-state index contributed by atoms with van der Waals surface area (Å²) in [4.78, 5) is 6.67. The molecular formula is C14H20FN3. The average Bonchev–Trinajstić information content (AvgIpc) is 3.23. The molecule has 0 bridgehead atoms. The highest BCUT2D eigenvalue weighted by atomic mass is 19.1. The smallest absolute Gasteiger partial charge is 0.146 e. The Hall–Kier alpha value is -1.00. The number of rotatable bonds is 4. The molecule has 1 aliphatic heterocycles. The Kier molecular flexibility index (Phi) is 3.57. The topological polar surface area (TPSA) is 28.2 Å². The third-order valence-corrected chi connectivity index (χ3v) is 3.96. The molecule has 1 N–H and O–H groups in total. The van der Waals surface area contributed by atoms with Crippen molar-refractivity contribution in [2.75, 3.05) is 13.1 Å². The van der Waals surface area contributed by atoms with Crippen LogP contribution in [0.2, 0.25) is 0 Å². The molecule has 2 fully saturated rings. The van der Waals surface area contributed by atoms with Crippen LogP contribution in [0.3, 0.4) is 0 Å². The molecule has 0 spiro atoms. The van der Waals surface area contributed by atoms with E-state index in [0.29, 0.717) is 24.3 Å². The lowest BCUT2D eigenvalue weighted by Gasteiger charge is -2.34.